The van der Waals surface area contributed by atoms with Crippen LogP contribution in [-0.2, 0) is 10.0 Å². The van der Waals surface area contributed by atoms with Gasteiger partial charge in [0, 0.05) is 6.54 Å². The zero-order valence-corrected chi connectivity index (χ0v) is 10.1. The Kier molecular flexibility index (Phi) is 7.04. The Morgan fingerprint density at radius 2 is 2.00 bits per heavy atom. The van der Waals surface area contributed by atoms with E-state index in [-0.39, 0.29) is 10.7 Å². The fourth-order valence-corrected chi connectivity index (χ4v) is 2.42. The Hall–Kier alpha value is -0.200. The highest BCUT2D eigenvalue weighted by Crippen LogP contribution is 1.97. The third-order valence-corrected chi connectivity index (χ3v) is 3.35. The van der Waals surface area contributed by atoms with Gasteiger partial charge in [-0.3, -0.25) is 0 Å². The molecule has 84 valence electrons. The van der Waals surface area contributed by atoms with Gasteiger partial charge >= 0.3 is 0 Å². The normalized spacial score (nSPS) is 11.5. The minimum Gasteiger partial charge on any atom is -0.392 e. The fourth-order valence-electron chi connectivity index (χ4n) is 1.02. The molecule has 4 nitrogen and oxygen atoms in total. The molecule has 0 aromatic carbocycles. The summed E-state index contributed by atoms with van der Waals surface area (Å²) in [5.74, 6) is -0.254. The fraction of sp³-hybridized carbons (Fsp3) is 0.875. The standard InChI is InChI=1S/C8H18N2O2S2/c1-2-3-4-5-6-10-14(11,12)7-8(9)13/h10H,2-7H2,1H3,(H2,9,13). The Labute approximate surface area is 91.3 Å². The second-order valence-electron chi connectivity index (χ2n) is 3.18. The van der Waals surface area contributed by atoms with E-state index >= 15 is 0 Å². The van der Waals surface area contributed by atoms with Crippen LogP contribution in [0.3, 0.4) is 0 Å². The van der Waals surface area contributed by atoms with Crippen molar-refractivity contribution in [2.75, 3.05) is 12.3 Å². The summed E-state index contributed by atoms with van der Waals surface area (Å²) < 4.78 is 24.8. The Bertz CT molecular complexity index is 263. The molecule has 0 aliphatic heterocycles. The lowest BCUT2D eigenvalue weighted by Crippen LogP contribution is -2.32. The largest absolute Gasteiger partial charge is 0.392 e. The predicted octanol–water partition coefficient (Wildman–Crippen LogP) is 0.772. The van der Waals surface area contributed by atoms with Gasteiger partial charge in [-0.05, 0) is 6.42 Å². The molecule has 0 heterocycles. The molecule has 6 heteroatoms. The van der Waals surface area contributed by atoms with Crippen molar-refractivity contribution < 1.29 is 8.42 Å². The predicted molar refractivity (Wildman–Crippen MR) is 62.7 cm³/mol. The topological polar surface area (TPSA) is 72.2 Å². The smallest absolute Gasteiger partial charge is 0.218 e. The highest BCUT2D eigenvalue weighted by molar-refractivity contribution is 7.92. The van der Waals surface area contributed by atoms with Crippen LogP contribution in [0, 0.1) is 0 Å². The summed E-state index contributed by atoms with van der Waals surface area (Å²) in [5, 5.41) is 0. The monoisotopic (exact) mass is 238 g/mol. The van der Waals surface area contributed by atoms with Crippen LogP contribution in [0.5, 0.6) is 0 Å². The Balaban J connectivity index is 3.61. The van der Waals surface area contributed by atoms with Crippen LogP contribution in [0.4, 0.5) is 0 Å². The number of hydrogen-bond donors (Lipinski definition) is 2. The number of sulfonamides is 1. The van der Waals surface area contributed by atoms with Gasteiger partial charge in [-0.1, -0.05) is 38.4 Å². The van der Waals surface area contributed by atoms with Crippen molar-refractivity contribution in [1.82, 2.24) is 4.72 Å². The molecule has 0 saturated heterocycles. The number of thiocarbonyl (C=S) groups is 1. The van der Waals surface area contributed by atoms with E-state index in [4.69, 9.17) is 5.73 Å². The summed E-state index contributed by atoms with van der Waals surface area (Å²) in [6, 6.07) is 0. The molecule has 0 aliphatic rings. The van der Waals surface area contributed by atoms with Crippen LogP contribution in [-0.4, -0.2) is 25.7 Å². The highest BCUT2D eigenvalue weighted by Gasteiger charge is 2.09. The highest BCUT2D eigenvalue weighted by atomic mass is 32.2. The molecule has 3 N–H and O–H groups in total. The van der Waals surface area contributed by atoms with E-state index in [0.717, 1.165) is 25.7 Å². The van der Waals surface area contributed by atoms with Gasteiger partial charge in [0.2, 0.25) is 10.0 Å². The summed E-state index contributed by atoms with van der Waals surface area (Å²) in [6.07, 6.45) is 4.19. The zero-order valence-electron chi connectivity index (χ0n) is 8.45. The molecule has 0 unspecified atom stereocenters. The van der Waals surface area contributed by atoms with Crippen molar-refractivity contribution in [3.8, 4) is 0 Å². The van der Waals surface area contributed by atoms with Crippen molar-refractivity contribution >= 4 is 27.2 Å². The van der Waals surface area contributed by atoms with E-state index in [1.54, 1.807) is 0 Å². The van der Waals surface area contributed by atoms with Crippen LogP contribution >= 0.6 is 12.2 Å². The van der Waals surface area contributed by atoms with Crippen LogP contribution in [0.2, 0.25) is 0 Å². The van der Waals surface area contributed by atoms with Crippen molar-refractivity contribution in [1.29, 1.82) is 0 Å². The van der Waals surface area contributed by atoms with Gasteiger partial charge in [0.05, 0.1) is 4.99 Å². The molecule has 0 rings (SSSR count). The first-order chi connectivity index (χ1) is 6.48. The number of rotatable bonds is 8. The van der Waals surface area contributed by atoms with Crippen molar-refractivity contribution in [3.63, 3.8) is 0 Å². The molecule has 0 atom stereocenters. The maximum atomic E-state index is 11.2. The number of nitrogens with two attached hydrogens (primary N) is 1. The molecule has 0 radical (unpaired) electrons. The van der Waals surface area contributed by atoms with Crippen molar-refractivity contribution in [2.45, 2.75) is 32.6 Å². The van der Waals surface area contributed by atoms with Crippen molar-refractivity contribution in [2.24, 2.45) is 5.73 Å². The zero-order chi connectivity index (χ0) is 11.0. The minimum absolute atomic E-state index is 0.00561. The van der Waals surface area contributed by atoms with E-state index in [2.05, 4.69) is 23.9 Å². The van der Waals surface area contributed by atoms with Crippen molar-refractivity contribution in [3.05, 3.63) is 0 Å². The van der Waals surface area contributed by atoms with Crippen LogP contribution < -0.4 is 10.5 Å². The molecule has 0 bridgehead atoms. The average molecular weight is 238 g/mol. The maximum Gasteiger partial charge on any atom is 0.218 e. The SMILES string of the molecule is CCCCCCNS(=O)(=O)CC(N)=S. The molecular weight excluding hydrogens is 220 g/mol. The summed E-state index contributed by atoms with van der Waals surface area (Å²) >= 11 is 4.52. The minimum atomic E-state index is -3.28. The molecular formula is C8H18N2O2S2. The van der Waals surface area contributed by atoms with Crippen LogP contribution in [0.15, 0.2) is 0 Å². The van der Waals surface area contributed by atoms with Crippen LogP contribution in [0.1, 0.15) is 32.6 Å². The molecule has 0 aromatic rings. The lowest BCUT2D eigenvalue weighted by Gasteiger charge is -2.04. The Morgan fingerprint density at radius 1 is 1.36 bits per heavy atom. The van der Waals surface area contributed by atoms with E-state index in [9.17, 15) is 8.42 Å². The first-order valence-corrected chi connectivity index (χ1v) is 6.79. The quantitative estimate of drug-likeness (QED) is 0.484. The molecule has 0 fully saturated rings. The number of nitrogens with one attached hydrogen (secondary N) is 1. The van der Waals surface area contributed by atoms with E-state index in [1.165, 1.54) is 0 Å². The molecule has 0 aliphatic carbocycles. The molecule has 0 aromatic heterocycles. The second kappa shape index (κ2) is 7.14. The maximum absolute atomic E-state index is 11.2. The summed E-state index contributed by atoms with van der Waals surface area (Å²) in [5.41, 5.74) is 5.14. The molecule has 0 saturated carbocycles. The average Bonchev–Trinajstić information content (AvgIpc) is 2.01. The third-order valence-electron chi connectivity index (χ3n) is 1.68. The van der Waals surface area contributed by atoms with E-state index in [0.29, 0.717) is 6.54 Å². The third kappa shape index (κ3) is 8.40. The van der Waals surface area contributed by atoms with E-state index < -0.39 is 10.0 Å². The van der Waals surface area contributed by atoms with Gasteiger partial charge in [-0.15, -0.1) is 0 Å². The van der Waals surface area contributed by atoms with Gasteiger partial charge in [0.25, 0.3) is 0 Å². The summed E-state index contributed by atoms with van der Waals surface area (Å²) in [6.45, 7) is 2.59. The summed E-state index contributed by atoms with van der Waals surface area (Å²) in [7, 11) is -3.28. The van der Waals surface area contributed by atoms with Gasteiger partial charge in [0.1, 0.15) is 5.75 Å². The first-order valence-electron chi connectivity index (χ1n) is 4.73. The molecule has 0 spiro atoms. The number of unbranched alkanes of at least 4 members (excludes halogenated alkanes) is 3. The summed E-state index contributed by atoms with van der Waals surface area (Å²) in [4.78, 5) is 0.00561. The second-order valence-corrected chi connectivity index (χ2v) is 5.51. The molecule has 14 heavy (non-hydrogen) atoms. The van der Waals surface area contributed by atoms with Crippen LogP contribution in [0.25, 0.3) is 0 Å². The van der Waals surface area contributed by atoms with Gasteiger partial charge in [-0.25, -0.2) is 13.1 Å². The Morgan fingerprint density at radius 3 is 2.50 bits per heavy atom. The van der Waals surface area contributed by atoms with Gasteiger partial charge < -0.3 is 5.73 Å². The molecule has 0 amide bonds. The lowest BCUT2D eigenvalue weighted by molar-refractivity contribution is 0.577. The number of hydrogen-bond acceptors (Lipinski definition) is 3. The first kappa shape index (κ1) is 13.8. The van der Waals surface area contributed by atoms with Gasteiger partial charge in [-0.2, -0.15) is 0 Å². The lowest BCUT2D eigenvalue weighted by atomic mass is 10.2. The van der Waals surface area contributed by atoms with E-state index in [1.807, 2.05) is 0 Å². The van der Waals surface area contributed by atoms with Gasteiger partial charge in [0.15, 0.2) is 0 Å².